The van der Waals surface area contributed by atoms with Gasteiger partial charge in [-0.15, -0.1) is 5.10 Å². The quantitative estimate of drug-likeness (QED) is 0.372. The second kappa shape index (κ2) is 8.74. The van der Waals surface area contributed by atoms with Crippen molar-refractivity contribution in [1.29, 1.82) is 0 Å². The van der Waals surface area contributed by atoms with Crippen molar-refractivity contribution >= 4 is 46.9 Å². The smallest absolute Gasteiger partial charge is 0.400 e. The van der Waals surface area contributed by atoms with Crippen LogP contribution in [0.1, 0.15) is 31.5 Å². The summed E-state index contributed by atoms with van der Waals surface area (Å²) in [6.07, 6.45) is 3.26. The van der Waals surface area contributed by atoms with Gasteiger partial charge in [0.1, 0.15) is 5.82 Å². The van der Waals surface area contributed by atoms with E-state index in [1.807, 2.05) is 17.9 Å². The lowest BCUT2D eigenvalue weighted by molar-refractivity contribution is -0.250. The van der Waals surface area contributed by atoms with Gasteiger partial charge in [0.05, 0.1) is 15.7 Å². The molecule has 4 rings (SSSR count). The highest BCUT2D eigenvalue weighted by Gasteiger charge is 2.52. The summed E-state index contributed by atoms with van der Waals surface area (Å²) in [6, 6.07) is 5.29. The molecule has 2 aromatic rings. The predicted octanol–water partition coefficient (Wildman–Crippen LogP) is 3.60. The van der Waals surface area contributed by atoms with Crippen LogP contribution in [0.3, 0.4) is 0 Å². The number of rotatable bonds is 5. The molecule has 0 aliphatic carbocycles. The molecule has 2 aliphatic rings. The Morgan fingerprint density at radius 3 is 2.63 bits per heavy atom. The van der Waals surface area contributed by atoms with Gasteiger partial charge in [-0.05, 0) is 38.0 Å². The zero-order valence-corrected chi connectivity index (χ0v) is 18.6. The number of benzene rings is 1. The van der Waals surface area contributed by atoms with Gasteiger partial charge in [-0.2, -0.15) is 0 Å². The van der Waals surface area contributed by atoms with Crippen molar-refractivity contribution in [1.82, 2.24) is 19.7 Å². The van der Waals surface area contributed by atoms with Gasteiger partial charge in [0.2, 0.25) is 5.16 Å². The largest absolute Gasteiger partial charge is 0.421 e. The SMILES string of the molecule is Cc1nc(SCCN2CCCCCC23OC(=O)C(=O)O3)nn1-c1ccc(Cl)c(Cl)c1. The topological polar surface area (TPSA) is 86.6 Å². The van der Waals surface area contributed by atoms with E-state index < -0.39 is 17.8 Å². The summed E-state index contributed by atoms with van der Waals surface area (Å²) in [4.78, 5) is 29.7. The maximum atomic E-state index is 11.7. The van der Waals surface area contributed by atoms with E-state index in [0.29, 0.717) is 40.5 Å². The zero-order valence-electron chi connectivity index (χ0n) is 16.3. The van der Waals surface area contributed by atoms with Crippen molar-refractivity contribution in [3.8, 4) is 5.69 Å². The van der Waals surface area contributed by atoms with Crippen LogP contribution in [0.2, 0.25) is 10.0 Å². The molecule has 1 spiro atoms. The minimum atomic E-state index is -1.27. The van der Waals surface area contributed by atoms with Gasteiger partial charge in [0.25, 0.3) is 0 Å². The molecule has 8 nitrogen and oxygen atoms in total. The number of nitrogens with zero attached hydrogens (tertiary/aromatic N) is 4. The van der Waals surface area contributed by atoms with Gasteiger partial charge in [0, 0.05) is 25.3 Å². The first-order chi connectivity index (χ1) is 14.4. The van der Waals surface area contributed by atoms with Crippen molar-refractivity contribution in [2.45, 2.75) is 43.7 Å². The molecule has 1 aromatic heterocycles. The van der Waals surface area contributed by atoms with Gasteiger partial charge in [-0.1, -0.05) is 41.4 Å². The van der Waals surface area contributed by atoms with Gasteiger partial charge in [-0.25, -0.2) is 24.2 Å². The van der Waals surface area contributed by atoms with Crippen molar-refractivity contribution < 1.29 is 19.1 Å². The average molecular weight is 471 g/mol. The number of hydrogen-bond acceptors (Lipinski definition) is 8. The van der Waals surface area contributed by atoms with Crippen molar-refractivity contribution in [2.24, 2.45) is 0 Å². The predicted molar refractivity (Wildman–Crippen MR) is 112 cm³/mol. The van der Waals surface area contributed by atoms with E-state index in [4.69, 9.17) is 32.7 Å². The fraction of sp³-hybridized carbons (Fsp3) is 0.474. The standard InChI is InChI=1S/C19H20Cl2N4O4S/c1-12-22-18(23-25(12)13-5-6-14(20)15(21)11-13)30-10-9-24-8-4-2-3-7-19(24)28-16(26)17(27)29-19/h5-6,11H,2-4,7-10H2,1H3. The number of aromatic nitrogens is 3. The number of hydrogen-bond donors (Lipinski definition) is 0. The van der Waals surface area contributed by atoms with E-state index in [-0.39, 0.29) is 0 Å². The highest BCUT2D eigenvalue weighted by atomic mass is 35.5. The molecule has 2 saturated heterocycles. The van der Waals surface area contributed by atoms with Crippen LogP contribution in [0.25, 0.3) is 5.69 Å². The Bertz CT molecular complexity index is 967. The van der Waals surface area contributed by atoms with Crippen LogP contribution < -0.4 is 0 Å². The summed E-state index contributed by atoms with van der Waals surface area (Å²) in [6.45, 7) is 3.11. The van der Waals surface area contributed by atoms with Crippen LogP contribution >= 0.6 is 35.0 Å². The number of carbonyl (C=O) groups excluding carboxylic acids is 2. The molecule has 160 valence electrons. The number of esters is 2. The Balaban J connectivity index is 1.43. The highest BCUT2D eigenvalue weighted by Crippen LogP contribution is 2.34. The molecule has 3 heterocycles. The molecular formula is C19H20Cl2N4O4S. The summed E-state index contributed by atoms with van der Waals surface area (Å²) in [5.74, 6) is -1.75. The number of halogens is 2. The monoisotopic (exact) mass is 470 g/mol. The minimum absolute atomic E-state index is 0.449. The maximum absolute atomic E-state index is 11.7. The number of carbonyl (C=O) groups is 2. The molecule has 1 aromatic carbocycles. The minimum Gasteiger partial charge on any atom is -0.400 e. The number of ether oxygens (including phenoxy) is 2. The van der Waals surface area contributed by atoms with Crippen LogP contribution in [0.4, 0.5) is 0 Å². The lowest BCUT2D eigenvalue weighted by atomic mass is 10.2. The molecule has 30 heavy (non-hydrogen) atoms. The Morgan fingerprint density at radius 2 is 1.90 bits per heavy atom. The molecule has 0 unspecified atom stereocenters. The first-order valence-corrected chi connectivity index (χ1v) is 11.4. The van der Waals surface area contributed by atoms with Gasteiger partial charge in [0.15, 0.2) is 0 Å². The molecule has 0 amide bonds. The fourth-order valence-corrected chi connectivity index (χ4v) is 4.72. The number of likely N-dealkylation sites (tertiary alicyclic amines) is 1. The third-order valence-corrected chi connectivity index (χ3v) is 6.62. The Hall–Kier alpha value is -1.81. The molecule has 0 N–H and O–H groups in total. The van der Waals surface area contributed by atoms with Crippen LogP contribution in [0.5, 0.6) is 0 Å². The summed E-state index contributed by atoms with van der Waals surface area (Å²) in [5.41, 5.74) is 0.775. The molecule has 0 radical (unpaired) electrons. The molecule has 2 aliphatic heterocycles. The first kappa shape index (κ1) is 21.4. The summed E-state index contributed by atoms with van der Waals surface area (Å²) in [7, 11) is 0. The van der Waals surface area contributed by atoms with E-state index in [9.17, 15) is 9.59 Å². The van der Waals surface area contributed by atoms with E-state index in [2.05, 4.69) is 10.1 Å². The third kappa shape index (κ3) is 4.30. The number of thioether (sulfide) groups is 1. The van der Waals surface area contributed by atoms with Crippen molar-refractivity contribution in [3.63, 3.8) is 0 Å². The zero-order chi connectivity index (χ0) is 21.3. The van der Waals surface area contributed by atoms with E-state index in [1.54, 1.807) is 16.8 Å². The average Bonchev–Trinajstić information content (AvgIpc) is 3.14. The molecule has 0 saturated carbocycles. The van der Waals surface area contributed by atoms with Gasteiger partial charge < -0.3 is 9.47 Å². The Labute approximate surface area is 187 Å². The lowest BCUT2D eigenvalue weighted by Crippen LogP contribution is -2.50. The summed E-state index contributed by atoms with van der Waals surface area (Å²) < 4.78 is 12.4. The molecule has 2 fully saturated rings. The lowest BCUT2D eigenvalue weighted by Gasteiger charge is -2.35. The molecular weight excluding hydrogens is 451 g/mol. The molecule has 11 heteroatoms. The number of aryl methyl sites for hydroxylation is 1. The van der Waals surface area contributed by atoms with Crippen LogP contribution in [0, 0.1) is 6.92 Å². The molecule has 0 bridgehead atoms. The van der Waals surface area contributed by atoms with E-state index >= 15 is 0 Å². The molecule has 0 atom stereocenters. The highest BCUT2D eigenvalue weighted by molar-refractivity contribution is 7.99. The maximum Gasteiger partial charge on any atom is 0.421 e. The van der Waals surface area contributed by atoms with Crippen LogP contribution in [-0.4, -0.2) is 56.4 Å². The van der Waals surface area contributed by atoms with Crippen LogP contribution in [-0.2, 0) is 19.1 Å². The second-order valence-electron chi connectivity index (χ2n) is 7.09. The Kier molecular flexibility index (Phi) is 6.24. The van der Waals surface area contributed by atoms with E-state index in [1.165, 1.54) is 11.8 Å². The second-order valence-corrected chi connectivity index (χ2v) is 8.97. The van der Waals surface area contributed by atoms with E-state index in [0.717, 1.165) is 30.8 Å². The van der Waals surface area contributed by atoms with Crippen molar-refractivity contribution in [3.05, 3.63) is 34.1 Å². The normalized spacial score (nSPS) is 19.0. The van der Waals surface area contributed by atoms with Crippen LogP contribution in [0.15, 0.2) is 23.4 Å². The summed E-state index contributed by atoms with van der Waals surface area (Å²) in [5, 5.41) is 6.08. The summed E-state index contributed by atoms with van der Waals surface area (Å²) >= 11 is 13.6. The fourth-order valence-electron chi connectivity index (χ4n) is 3.60. The Morgan fingerprint density at radius 1 is 1.13 bits per heavy atom. The third-order valence-electron chi connectivity index (χ3n) is 5.06. The van der Waals surface area contributed by atoms with Gasteiger partial charge >= 0.3 is 17.8 Å². The van der Waals surface area contributed by atoms with Crippen molar-refractivity contribution in [2.75, 3.05) is 18.8 Å². The van der Waals surface area contributed by atoms with Gasteiger partial charge in [-0.3, -0.25) is 0 Å². The first-order valence-electron chi connectivity index (χ1n) is 9.61.